The van der Waals surface area contributed by atoms with Crippen LogP contribution in [0.2, 0.25) is 5.02 Å². The van der Waals surface area contributed by atoms with Crippen LogP contribution in [0.4, 0.5) is 18.9 Å². The van der Waals surface area contributed by atoms with E-state index in [-0.39, 0.29) is 11.7 Å². The zero-order chi connectivity index (χ0) is 23.6. The van der Waals surface area contributed by atoms with Gasteiger partial charge in [0.2, 0.25) is 5.91 Å². The molecule has 33 heavy (non-hydrogen) atoms. The van der Waals surface area contributed by atoms with Gasteiger partial charge in [0.25, 0.3) is 0 Å². The molecule has 1 amide bonds. The van der Waals surface area contributed by atoms with Crippen molar-refractivity contribution in [3.63, 3.8) is 0 Å². The normalized spacial score (nSPS) is 14.6. The number of carbonyl (C=O) groups is 1. The van der Waals surface area contributed by atoms with Gasteiger partial charge < -0.3 is 14.4 Å². The average Bonchev–Trinajstić information content (AvgIpc) is 3.18. The van der Waals surface area contributed by atoms with Crippen LogP contribution in [0.3, 0.4) is 0 Å². The largest absolute Gasteiger partial charge is 0.416 e. The van der Waals surface area contributed by atoms with Gasteiger partial charge in [-0.1, -0.05) is 29.4 Å². The smallest absolute Gasteiger partial charge is 0.368 e. The van der Waals surface area contributed by atoms with Gasteiger partial charge in [0.1, 0.15) is 0 Å². The number of hydrogen-bond acceptors (Lipinski definition) is 5. The van der Waals surface area contributed by atoms with E-state index in [2.05, 4.69) is 10.2 Å². The molecule has 1 aliphatic rings. The highest BCUT2D eigenvalue weighted by molar-refractivity contribution is 7.99. The summed E-state index contributed by atoms with van der Waals surface area (Å²) in [5.74, 6) is 0.840. The number of anilines is 1. The van der Waals surface area contributed by atoms with E-state index >= 15 is 0 Å². The van der Waals surface area contributed by atoms with E-state index in [0.717, 1.165) is 17.7 Å². The summed E-state index contributed by atoms with van der Waals surface area (Å²) in [6.45, 7) is 1.85. The fourth-order valence-corrected chi connectivity index (χ4v) is 4.54. The number of carbonyl (C=O) groups excluding carboxylic acids is 1. The summed E-state index contributed by atoms with van der Waals surface area (Å²) in [7, 11) is 1.84. The van der Waals surface area contributed by atoms with Crippen molar-refractivity contribution in [3.8, 4) is 11.4 Å². The van der Waals surface area contributed by atoms with Crippen molar-refractivity contribution in [2.24, 2.45) is 7.05 Å². The third kappa shape index (κ3) is 5.44. The highest BCUT2D eigenvalue weighted by atomic mass is 35.5. The number of halogens is 4. The standard InChI is InChI=1S/C22H21ClF3N5OS/c1-29-20(15-5-7-17(23)8-6-15)27-28-21(29)33-14-19(32)31-11-9-30(10-12-31)18-4-2-3-16(13-18)22(24,25)26/h2-8,13H,9-12,14H2,1H3. The van der Waals surface area contributed by atoms with Crippen molar-refractivity contribution < 1.29 is 18.0 Å². The topological polar surface area (TPSA) is 54.3 Å². The molecule has 0 N–H and O–H groups in total. The lowest BCUT2D eigenvalue weighted by atomic mass is 10.1. The first-order valence-electron chi connectivity index (χ1n) is 10.2. The molecule has 0 atom stereocenters. The molecule has 3 aromatic rings. The van der Waals surface area contributed by atoms with E-state index in [1.165, 1.54) is 17.8 Å². The van der Waals surface area contributed by atoms with E-state index in [0.29, 0.717) is 47.9 Å². The lowest BCUT2D eigenvalue weighted by Crippen LogP contribution is -2.49. The van der Waals surface area contributed by atoms with Gasteiger partial charge in [0, 0.05) is 49.5 Å². The molecule has 4 rings (SSSR count). The predicted molar refractivity (Wildman–Crippen MR) is 122 cm³/mol. The Balaban J connectivity index is 1.32. The minimum atomic E-state index is -4.38. The Morgan fingerprint density at radius 3 is 2.42 bits per heavy atom. The number of piperazine rings is 1. The van der Waals surface area contributed by atoms with Crippen molar-refractivity contribution in [1.82, 2.24) is 19.7 Å². The molecule has 0 spiro atoms. The number of thioether (sulfide) groups is 1. The quantitative estimate of drug-likeness (QED) is 0.484. The van der Waals surface area contributed by atoms with Gasteiger partial charge in [0.05, 0.1) is 11.3 Å². The molecule has 1 saturated heterocycles. The van der Waals surface area contributed by atoms with Crippen LogP contribution in [-0.2, 0) is 18.0 Å². The highest BCUT2D eigenvalue weighted by Crippen LogP contribution is 2.32. The van der Waals surface area contributed by atoms with Gasteiger partial charge in [0.15, 0.2) is 11.0 Å². The molecule has 2 heterocycles. The van der Waals surface area contributed by atoms with Gasteiger partial charge in [-0.15, -0.1) is 10.2 Å². The number of nitrogens with zero attached hydrogens (tertiary/aromatic N) is 5. The van der Waals surface area contributed by atoms with E-state index in [1.54, 1.807) is 23.1 Å². The molecule has 6 nitrogen and oxygen atoms in total. The number of aromatic nitrogens is 3. The van der Waals surface area contributed by atoms with Crippen LogP contribution in [0.15, 0.2) is 53.7 Å². The van der Waals surface area contributed by atoms with Gasteiger partial charge >= 0.3 is 6.18 Å². The number of hydrogen-bond donors (Lipinski definition) is 0. The Kier molecular flexibility index (Phi) is 6.85. The predicted octanol–water partition coefficient (Wildman–Crippen LogP) is 4.60. The Hall–Kier alpha value is -2.72. The maximum Gasteiger partial charge on any atom is 0.416 e. The Morgan fingerprint density at radius 2 is 1.76 bits per heavy atom. The maximum absolute atomic E-state index is 13.0. The summed E-state index contributed by atoms with van der Waals surface area (Å²) >= 11 is 7.24. The monoisotopic (exact) mass is 495 g/mol. The molecule has 2 aromatic carbocycles. The molecule has 11 heteroatoms. The van der Waals surface area contributed by atoms with Crippen LogP contribution >= 0.6 is 23.4 Å². The van der Waals surface area contributed by atoms with Crippen molar-refractivity contribution in [3.05, 3.63) is 59.1 Å². The van der Waals surface area contributed by atoms with E-state index < -0.39 is 11.7 Å². The van der Waals surface area contributed by atoms with E-state index in [1.807, 2.05) is 28.6 Å². The first-order chi connectivity index (χ1) is 15.7. The molecular weight excluding hydrogens is 475 g/mol. The minimum absolute atomic E-state index is 0.0419. The Labute approximate surface area is 198 Å². The van der Waals surface area contributed by atoms with Crippen molar-refractivity contribution in [1.29, 1.82) is 0 Å². The van der Waals surface area contributed by atoms with Crippen LogP contribution in [0.25, 0.3) is 11.4 Å². The van der Waals surface area contributed by atoms with E-state index in [9.17, 15) is 18.0 Å². The number of benzene rings is 2. The summed E-state index contributed by atoms with van der Waals surface area (Å²) in [5.41, 5.74) is 0.718. The van der Waals surface area contributed by atoms with Crippen LogP contribution < -0.4 is 4.90 Å². The summed E-state index contributed by atoms with van der Waals surface area (Å²) < 4.78 is 40.8. The number of rotatable bonds is 5. The highest BCUT2D eigenvalue weighted by Gasteiger charge is 2.31. The van der Waals surface area contributed by atoms with Crippen LogP contribution in [0.1, 0.15) is 5.56 Å². The SMILES string of the molecule is Cn1c(SCC(=O)N2CCN(c3cccc(C(F)(F)F)c3)CC2)nnc1-c1ccc(Cl)cc1. The average molecular weight is 496 g/mol. The molecule has 174 valence electrons. The molecule has 1 fully saturated rings. The number of amides is 1. The molecular formula is C22H21ClF3N5OS. The molecule has 1 aliphatic heterocycles. The van der Waals surface area contributed by atoms with Crippen LogP contribution in [0.5, 0.6) is 0 Å². The lowest BCUT2D eigenvalue weighted by molar-refractivity contribution is -0.137. The first kappa shape index (κ1) is 23.4. The lowest BCUT2D eigenvalue weighted by Gasteiger charge is -2.36. The summed E-state index contributed by atoms with van der Waals surface area (Å²) in [6.07, 6.45) is -4.38. The van der Waals surface area contributed by atoms with Crippen molar-refractivity contribution in [2.75, 3.05) is 36.8 Å². The summed E-state index contributed by atoms with van der Waals surface area (Å²) in [5, 5.41) is 9.65. The molecule has 1 aromatic heterocycles. The van der Waals surface area contributed by atoms with Gasteiger partial charge in [-0.3, -0.25) is 4.79 Å². The Bertz CT molecular complexity index is 1130. The van der Waals surface area contributed by atoms with Crippen LogP contribution in [0, 0.1) is 0 Å². The van der Waals surface area contributed by atoms with Gasteiger partial charge in [-0.05, 0) is 42.5 Å². The third-order valence-electron chi connectivity index (χ3n) is 5.43. The second kappa shape index (κ2) is 9.64. The molecule has 0 aliphatic carbocycles. The maximum atomic E-state index is 13.0. The fraction of sp³-hybridized carbons (Fsp3) is 0.318. The second-order valence-corrected chi connectivity index (χ2v) is 8.96. The van der Waals surface area contributed by atoms with Crippen molar-refractivity contribution in [2.45, 2.75) is 11.3 Å². The van der Waals surface area contributed by atoms with Gasteiger partial charge in [-0.2, -0.15) is 13.2 Å². The molecule has 0 saturated carbocycles. The Morgan fingerprint density at radius 1 is 1.06 bits per heavy atom. The summed E-state index contributed by atoms with van der Waals surface area (Å²) in [4.78, 5) is 16.3. The van der Waals surface area contributed by atoms with Crippen LogP contribution in [-0.4, -0.2) is 57.5 Å². The minimum Gasteiger partial charge on any atom is -0.368 e. The zero-order valence-corrected chi connectivity index (χ0v) is 19.3. The second-order valence-electron chi connectivity index (χ2n) is 7.58. The third-order valence-corrected chi connectivity index (χ3v) is 6.69. The molecule has 0 unspecified atom stereocenters. The first-order valence-corrected chi connectivity index (χ1v) is 11.6. The zero-order valence-electron chi connectivity index (χ0n) is 17.7. The van der Waals surface area contributed by atoms with Gasteiger partial charge in [-0.25, -0.2) is 0 Å². The fourth-order valence-electron chi connectivity index (χ4n) is 3.60. The molecule has 0 bridgehead atoms. The van der Waals surface area contributed by atoms with E-state index in [4.69, 9.17) is 11.6 Å². The molecule has 0 radical (unpaired) electrons. The summed E-state index contributed by atoms with van der Waals surface area (Å²) in [6, 6.07) is 12.6. The van der Waals surface area contributed by atoms with Crippen molar-refractivity contribution >= 4 is 35.0 Å². The number of alkyl halides is 3.